The molecular weight excluding hydrogens is 372 g/mol. The maximum absolute atomic E-state index is 12.4. The van der Waals surface area contributed by atoms with Crippen molar-refractivity contribution in [1.82, 2.24) is 20.1 Å². The molecule has 0 bridgehead atoms. The summed E-state index contributed by atoms with van der Waals surface area (Å²) in [5.74, 6) is 3.59. The van der Waals surface area contributed by atoms with Gasteiger partial charge in [-0.25, -0.2) is 0 Å². The van der Waals surface area contributed by atoms with E-state index in [1.54, 1.807) is 13.2 Å². The third kappa shape index (κ3) is 4.70. The monoisotopic (exact) mass is 400 g/mol. The van der Waals surface area contributed by atoms with E-state index in [1.807, 2.05) is 18.2 Å². The second-order valence-corrected chi connectivity index (χ2v) is 7.54. The SMILES string of the molecule is COc1ccccc1OCC(=O)NC1CCc2nnc(C3CCOCC3)n2CC1. The molecule has 1 amide bonds. The van der Waals surface area contributed by atoms with Gasteiger partial charge in [0.1, 0.15) is 11.6 Å². The Labute approximate surface area is 170 Å². The third-order valence-corrected chi connectivity index (χ3v) is 5.65. The lowest BCUT2D eigenvalue weighted by Gasteiger charge is -2.22. The van der Waals surface area contributed by atoms with Crippen molar-refractivity contribution in [2.45, 2.75) is 50.6 Å². The molecule has 0 aliphatic carbocycles. The molecule has 2 aliphatic rings. The van der Waals surface area contributed by atoms with Crippen LogP contribution >= 0.6 is 0 Å². The Morgan fingerprint density at radius 3 is 2.76 bits per heavy atom. The lowest BCUT2D eigenvalue weighted by molar-refractivity contribution is -0.123. The highest BCUT2D eigenvalue weighted by Gasteiger charge is 2.26. The molecule has 8 heteroatoms. The molecule has 29 heavy (non-hydrogen) atoms. The molecule has 0 spiro atoms. The van der Waals surface area contributed by atoms with E-state index in [9.17, 15) is 4.79 Å². The number of aromatic nitrogens is 3. The standard InChI is InChI=1S/C21H28N4O4/c1-27-17-4-2-3-5-18(17)29-14-20(26)22-16-6-7-19-23-24-21(25(19)11-8-16)15-9-12-28-13-10-15/h2-5,15-16H,6-14H2,1H3,(H,22,26). The lowest BCUT2D eigenvalue weighted by atomic mass is 9.99. The number of carbonyl (C=O) groups is 1. The summed E-state index contributed by atoms with van der Waals surface area (Å²) in [5.41, 5.74) is 0. The number of nitrogens with zero attached hydrogens (tertiary/aromatic N) is 3. The largest absolute Gasteiger partial charge is 0.493 e. The van der Waals surface area contributed by atoms with Gasteiger partial charge in [-0.3, -0.25) is 4.79 Å². The summed E-state index contributed by atoms with van der Waals surface area (Å²) in [6, 6.07) is 7.43. The lowest BCUT2D eigenvalue weighted by Crippen LogP contribution is -2.38. The number of aryl methyl sites for hydroxylation is 1. The van der Waals surface area contributed by atoms with Crippen LogP contribution < -0.4 is 14.8 Å². The van der Waals surface area contributed by atoms with Gasteiger partial charge in [0.25, 0.3) is 5.91 Å². The fourth-order valence-electron chi connectivity index (χ4n) is 4.06. The topological polar surface area (TPSA) is 87.5 Å². The minimum absolute atomic E-state index is 0.0314. The molecular formula is C21H28N4O4. The molecule has 0 saturated carbocycles. The molecule has 1 aromatic carbocycles. The summed E-state index contributed by atoms with van der Waals surface area (Å²) in [7, 11) is 1.58. The zero-order chi connectivity index (χ0) is 20.1. The Morgan fingerprint density at radius 1 is 1.17 bits per heavy atom. The molecule has 3 heterocycles. The van der Waals surface area contributed by atoms with Crippen molar-refractivity contribution in [2.75, 3.05) is 26.9 Å². The van der Waals surface area contributed by atoms with Gasteiger partial charge in [-0.05, 0) is 37.8 Å². The molecule has 0 radical (unpaired) electrons. The molecule has 1 aromatic heterocycles. The number of para-hydroxylation sites is 2. The maximum Gasteiger partial charge on any atom is 0.258 e. The van der Waals surface area contributed by atoms with Crippen LogP contribution in [0.3, 0.4) is 0 Å². The third-order valence-electron chi connectivity index (χ3n) is 5.65. The zero-order valence-electron chi connectivity index (χ0n) is 16.8. The van der Waals surface area contributed by atoms with E-state index < -0.39 is 0 Å². The summed E-state index contributed by atoms with van der Waals surface area (Å²) < 4.78 is 18.6. The van der Waals surface area contributed by atoms with Gasteiger partial charge in [-0.15, -0.1) is 10.2 Å². The van der Waals surface area contributed by atoms with Gasteiger partial charge in [0.05, 0.1) is 7.11 Å². The summed E-state index contributed by atoms with van der Waals surface area (Å²) in [4.78, 5) is 12.4. The molecule has 156 valence electrons. The van der Waals surface area contributed by atoms with Crippen LogP contribution in [-0.2, 0) is 22.5 Å². The number of rotatable bonds is 6. The van der Waals surface area contributed by atoms with Crippen LogP contribution in [0.25, 0.3) is 0 Å². The van der Waals surface area contributed by atoms with Crippen LogP contribution in [-0.4, -0.2) is 53.6 Å². The van der Waals surface area contributed by atoms with Gasteiger partial charge < -0.3 is 24.1 Å². The van der Waals surface area contributed by atoms with Crippen molar-refractivity contribution in [1.29, 1.82) is 0 Å². The van der Waals surface area contributed by atoms with Crippen LogP contribution in [0.1, 0.15) is 43.3 Å². The molecule has 8 nitrogen and oxygen atoms in total. The van der Waals surface area contributed by atoms with Crippen LogP contribution in [0, 0.1) is 0 Å². The van der Waals surface area contributed by atoms with E-state index in [0.717, 1.165) is 63.5 Å². The summed E-state index contributed by atoms with van der Waals surface area (Å²) in [6.07, 6.45) is 4.53. The van der Waals surface area contributed by atoms with Crippen molar-refractivity contribution < 1.29 is 19.0 Å². The molecule has 1 atom stereocenters. The molecule has 2 aromatic rings. The number of nitrogens with one attached hydrogen (secondary N) is 1. The predicted octanol–water partition coefficient (Wildman–Crippen LogP) is 2.08. The van der Waals surface area contributed by atoms with Crippen molar-refractivity contribution in [3.63, 3.8) is 0 Å². The second kappa shape index (κ2) is 9.26. The van der Waals surface area contributed by atoms with Crippen LogP contribution in [0.4, 0.5) is 0 Å². The van der Waals surface area contributed by atoms with Crippen LogP contribution in [0.15, 0.2) is 24.3 Å². The summed E-state index contributed by atoms with van der Waals surface area (Å²) in [5, 5.41) is 12.0. The molecule has 1 fully saturated rings. The van der Waals surface area contributed by atoms with Gasteiger partial charge in [0.15, 0.2) is 18.1 Å². The molecule has 1 unspecified atom stereocenters. The summed E-state index contributed by atoms with van der Waals surface area (Å²) >= 11 is 0. The number of benzene rings is 1. The fourth-order valence-corrected chi connectivity index (χ4v) is 4.06. The van der Waals surface area contributed by atoms with E-state index in [4.69, 9.17) is 14.2 Å². The quantitative estimate of drug-likeness (QED) is 0.799. The normalized spacial score (nSPS) is 19.8. The highest BCUT2D eigenvalue weighted by molar-refractivity contribution is 5.77. The molecule has 4 rings (SSSR count). The Kier molecular flexibility index (Phi) is 6.29. The average molecular weight is 400 g/mol. The Morgan fingerprint density at radius 2 is 1.97 bits per heavy atom. The maximum atomic E-state index is 12.4. The Bertz CT molecular complexity index is 832. The van der Waals surface area contributed by atoms with E-state index >= 15 is 0 Å². The molecule has 1 N–H and O–H groups in total. The first-order chi connectivity index (χ1) is 14.2. The number of ether oxygens (including phenoxy) is 3. The van der Waals surface area contributed by atoms with Gasteiger partial charge >= 0.3 is 0 Å². The highest BCUT2D eigenvalue weighted by atomic mass is 16.5. The van der Waals surface area contributed by atoms with Gasteiger partial charge in [0, 0.05) is 38.1 Å². The van der Waals surface area contributed by atoms with Gasteiger partial charge in [-0.2, -0.15) is 0 Å². The second-order valence-electron chi connectivity index (χ2n) is 7.54. The van der Waals surface area contributed by atoms with Gasteiger partial charge in [-0.1, -0.05) is 12.1 Å². The summed E-state index contributed by atoms with van der Waals surface area (Å²) in [6.45, 7) is 2.37. The Hall–Kier alpha value is -2.61. The first-order valence-corrected chi connectivity index (χ1v) is 10.3. The zero-order valence-corrected chi connectivity index (χ0v) is 16.8. The minimum atomic E-state index is -0.122. The number of fused-ring (bicyclic) bond motifs is 1. The fraction of sp³-hybridized carbons (Fsp3) is 0.571. The first kappa shape index (κ1) is 19.7. The molecule has 1 saturated heterocycles. The average Bonchev–Trinajstić information content (AvgIpc) is 3.07. The van der Waals surface area contributed by atoms with Crippen molar-refractivity contribution in [2.24, 2.45) is 0 Å². The van der Waals surface area contributed by atoms with E-state index in [-0.39, 0.29) is 18.6 Å². The van der Waals surface area contributed by atoms with E-state index in [1.165, 1.54) is 0 Å². The first-order valence-electron chi connectivity index (χ1n) is 10.3. The van der Waals surface area contributed by atoms with Gasteiger partial charge in [0.2, 0.25) is 0 Å². The van der Waals surface area contributed by atoms with Crippen molar-refractivity contribution in [3.05, 3.63) is 35.9 Å². The van der Waals surface area contributed by atoms with Crippen LogP contribution in [0.2, 0.25) is 0 Å². The van der Waals surface area contributed by atoms with Crippen LogP contribution in [0.5, 0.6) is 11.5 Å². The van der Waals surface area contributed by atoms with Crippen molar-refractivity contribution in [3.8, 4) is 11.5 Å². The van der Waals surface area contributed by atoms with E-state index in [2.05, 4.69) is 20.1 Å². The van der Waals surface area contributed by atoms with Crippen molar-refractivity contribution >= 4 is 5.91 Å². The minimum Gasteiger partial charge on any atom is -0.493 e. The number of carbonyl (C=O) groups excluding carboxylic acids is 1. The number of hydrogen-bond acceptors (Lipinski definition) is 6. The Balaban J connectivity index is 1.31. The highest BCUT2D eigenvalue weighted by Crippen LogP contribution is 2.28. The number of amides is 1. The number of methoxy groups -OCH3 is 1. The smallest absolute Gasteiger partial charge is 0.258 e. The predicted molar refractivity (Wildman–Crippen MR) is 106 cm³/mol. The number of hydrogen-bond donors (Lipinski definition) is 1. The van der Waals surface area contributed by atoms with E-state index in [0.29, 0.717) is 17.4 Å². The molecule has 2 aliphatic heterocycles.